The fourth-order valence-electron chi connectivity index (χ4n) is 3.54. The van der Waals surface area contributed by atoms with Gasteiger partial charge in [0.25, 0.3) is 0 Å². The summed E-state index contributed by atoms with van der Waals surface area (Å²) in [5.74, 6) is -2.06. The minimum Gasteiger partial charge on any atom is -0.487 e. The molecular formula is C20H19FN4O4. The average Bonchev–Trinajstić information content (AvgIpc) is 2.71. The zero-order chi connectivity index (χ0) is 20.7. The first-order chi connectivity index (χ1) is 13.9. The number of pyridine rings is 2. The predicted octanol–water partition coefficient (Wildman–Crippen LogP) is 2.42. The van der Waals surface area contributed by atoms with Gasteiger partial charge in [-0.25, -0.2) is 9.18 Å². The van der Waals surface area contributed by atoms with Crippen molar-refractivity contribution < 1.29 is 19.0 Å². The summed E-state index contributed by atoms with van der Waals surface area (Å²) in [6.45, 7) is 2.41. The Morgan fingerprint density at radius 3 is 2.86 bits per heavy atom. The number of nitrogens with two attached hydrogens (primary N) is 1. The lowest BCUT2D eigenvalue weighted by atomic mass is 10.0. The first-order valence-electron chi connectivity index (χ1n) is 9.08. The van der Waals surface area contributed by atoms with E-state index in [1.165, 1.54) is 6.20 Å². The zero-order valence-corrected chi connectivity index (χ0v) is 15.6. The van der Waals surface area contributed by atoms with Gasteiger partial charge < -0.3 is 25.5 Å². The Bertz CT molecular complexity index is 1180. The number of nitrogen functional groups attached to an aromatic ring is 1. The minimum absolute atomic E-state index is 0.0622. The fraction of sp³-hybridized carbons (Fsp3) is 0.250. The number of anilines is 2. The van der Waals surface area contributed by atoms with E-state index in [0.717, 1.165) is 5.56 Å². The average molecular weight is 398 g/mol. The highest BCUT2D eigenvalue weighted by molar-refractivity contribution is 6.03. The molecule has 29 heavy (non-hydrogen) atoms. The lowest BCUT2D eigenvalue weighted by Gasteiger charge is -2.29. The van der Waals surface area contributed by atoms with Crippen LogP contribution in [0.5, 0.6) is 5.75 Å². The molecular weight excluding hydrogens is 379 g/mol. The molecule has 0 fully saturated rings. The van der Waals surface area contributed by atoms with Crippen molar-refractivity contribution in [1.82, 2.24) is 9.55 Å². The van der Waals surface area contributed by atoms with E-state index in [9.17, 15) is 14.7 Å². The summed E-state index contributed by atoms with van der Waals surface area (Å²) < 4.78 is 22.5. The Morgan fingerprint density at radius 1 is 1.45 bits per heavy atom. The maximum absolute atomic E-state index is 15.1. The van der Waals surface area contributed by atoms with Gasteiger partial charge in [-0.3, -0.25) is 9.78 Å². The fourth-order valence-corrected chi connectivity index (χ4v) is 3.54. The van der Waals surface area contributed by atoms with E-state index in [-0.39, 0.29) is 29.5 Å². The molecule has 4 N–H and O–H groups in total. The Morgan fingerprint density at radius 2 is 2.17 bits per heavy atom. The van der Waals surface area contributed by atoms with E-state index < -0.39 is 28.5 Å². The van der Waals surface area contributed by atoms with Gasteiger partial charge in [-0.1, -0.05) is 0 Å². The summed E-state index contributed by atoms with van der Waals surface area (Å²) >= 11 is 0. The monoisotopic (exact) mass is 398 g/mol. The lowest BCUT2D eigenvalue weighted by Crippen LogP contribution is -2.28. The standard InChI is InChI=1S/C20H19FN4O4/c1-10-9-29-19-16(24-7-4-11-2-5-23-6-3-11)14(21)15(22)13-17(19)25(10)8-12(18(13)26)20(27)28/h2-3,5-6,8,10,24H,4,7,9,22H2,1H3,(H,27,28). The van der Waals surface area contributed by atoms with Crippen molar-refractivity contribution in [2.24, 2.45) is 0 Å². The Labute approximate surface area is 164 Å². The normalized spacial score (nSPS) is 15.2. The molecule has 0 bridgehead atoms. The molecule has 1 aromatic carbocycles. The second kappa shape index (κ2) is 7.08. The maximum Gasteiger partial charge on any atom is 0.341 e. The summed E-state index contributed by atoms with van der Waals surface area (Å²) in [5, 5.41) is 12.2. The quantitative estimate of drug-likeness (QED) is 0.565. The van der Waals surface area contributed by atoms with Crippen LogP contribution in [0.15, 0.2) is 35.5 Å². The van der Waals surface area contributed by atoms with Crippen LogP contribution in [-0.4, -0.2) is 33.8 Å². The number of benzene rings is 1. The van der Waals surface area contributed by atoms with Crippen LogP contribution < -0.4 is 21.2 Å². The van der Waals surface area contributed by atoms with Crippen LogP contribution in [0.2, 0.25) is 0 Å². The Balaban J connectivity index is 1.85. The van der Waals surface area contributed by atoms with Crippen molar-refractivity contribution in [2.75, 3.05) is 24.2 Å². The molecule has 8 nitrogen and oxygen atoms in total. The van der Waals surface area contributed by atoms with Crippen LogP contribution in [0.4, 0.5) is 15.8 Å². The van der Waals surface area contributed by atoms with Gasteiger partial charge in [0.05, 0.1) is 22.6 Å². The summed E-state index contributed by atoms with van der Waals surface area (Å²) in [6, 6.07) is 3.47. The Kier molecular flexibility index (Phi) is 4.57. The van der Waals surface area contributed by atoms with Crippen molar-refractivity contribution in [3.05, 3.63) is 57.9 Å². The summed E-state index contributed by atoms with van der Waals surface area (Å²) in [6.07, 6.45) is 5.23. The molecule has 0 aliphatic carbocycles. The van der Waals surface area contributed by atoms with Gasteiger partial charge in [0.2, 0.25) is 5.43 Å². The molecule has 1 aliphatic heterocycles. The molecule has 3 heterocycles. The zero-order valence-electron chi connectivity index (χ0n) is 15.6. The molecule has 9 heteroatoms. The van der Waals surface area contributed by atoms with Gasteiger partial charge in [-0.15, -0.1) is 0 Å². The number of ether oxygens (including phenoxy) is 1. The van der Waals surface area contributed by atoms with Crippen molar-refractivity contribution in [3.63, 3.8) is 0 Å². The number of rotatable bonds is 5. The molecule has 0 saturated carbocycles. The van der Waals surface area contributed by atoms with Crippen LogP contribution in [-0.2, 0) is 6.42 Å². The minimum atomic E-state index is -1.39. The number of carboxylic acids is 1. The Hall–Kier alpha value is -3.62. The van der Waals surface area contributed by atoms with Gasteiger partial charge in [-0.05, 0) is 31.0 Å². The van der Waals surface area contributed by atoms with Gasteiger partial charge in [0.15, 0.2) is 11.6 Å². The number of nitrogens with zero attached hydrogens (tertiary/aromatic N) is 2. The third-order valence-electron chi connectivity index (χ3n) is 5.04. The van der Waals surface area contributed by atoms with E-state index >= 15 is 4.39 Å². The van der Waals surface area contributed by atoms with Crippen LogP contribution in [0.25, 0.3) is 10.9 Å². The third kappa shape index (κ3) is 3.04. The number of carboxylic acid groups (broad SMARTS) is 1. The number of hydrogen-bond donors (Lipinski definition) is 3. The molecule has 150 valence electrons. The molecule has 2 aromatic heterocycles. The smallest absolute Gasteiger partial charge is 0.341 e. The highest BCUT2D eigenvalue weighted by atomic mass is 19.1. The SMILES string of the molecule is CC1COc2c(NCCc3ccncc3)c(F)c(N)c3c(=O)c(C(=O)O)cn1c23. The van der Waals surface area contributed by atoms with E-state index in [4.69, 9.17) is 10.5 Å². The van der Waals surface area contributed by atoms with Gasteiger partial charge >= 0.3 is 5.97 Å². The molecule has 1 atom stereocenters. The third-order valence-corrected chi connectivity index (χ3v) is 5.04. The maximum atomic E-state index is 15.1. The molecule has 4 rings (SSSR count). The first kappa shape index (κ1) is 18.7. The van der Waals surface area contributed by atoms with Crippen molar-refractivity contribution in [2.45, 2.75) is 19.4 Å². The summed E-state index contributed by atoms with van der Waals surface area (Å²) in [7, 11) is 0. The van der Waals surface area contributed by atoms with Crippen LogP contribution >= 0.6 is 0 Å². The summed E-state index contributed by atoms with van der Waals surface area (Å²) in [5.41, 5.74) is 5.65. The summed E-state index contributed by atoms with van der Waals surface area (Å²) in [4.78, 5) is 28.1. The predicted molar refractivity (Wildman–Crippen MR) is 106 cm³/mol. The molecule has 1 aliphatic rings. The van der Waals surface area contributed by atoms with Gasteiger partial charge in [0, 0.05) is 25.1 Å². The highest BCUT2D eigenvalue weighted by Crippen LogP contribution is 2.43. The number of halogens is 1. The largest absolute Gasteiger partial charge is 0.487 e. The molecule has 0 saturated heterocycles. The molecule has 0 amide bonds. The molecule has 3 aromatic rings. The van der Waals surface area contributed by atoms with Gasteiger partial charge in [0.1, 0.15) is 17.9 Å². The van der Waals surface area contributed by atoms with E-state index in [2.05, 4.69) is 10.3 Å². The molecule has 0 radical (unpaired) electrons. The number of nitrogens with one attached hydrogen (secondary N) is 1. The number of aromatic carboxylic acids is 1. The van der Waals surface area contributed by atoms with Crippen molar-refractivity contribution >= 4 is 28.2 Å². The highest BCUT2D eigenvalue weighted by Gasteiger charge is 2.30. The van der Waals surface area contributed by atoms with E-state index in [1.807, 2.05) is 19.1 Å². The second-order valence-electron chi connectivity index (χ2n) is 6.93. The topological polar surface area (TPSA) is 119 Å². The second-order valence-corrected chi connectivity index (χ2v) is 6.93. The van der Waals surface area contributed by atoms with Crippen LogP contribution in [0, 0.1) is 5.82 Å². The van der Waals surface area contributed by atoms with Crippen LogP contribution in [0.3, 0.4) is 0 Å². The molecule has 1 unspecified atom stereocenters. The van der Waals surface area contributed by atoms with E-state index in [1.54, 1.807) is 17.0 Å². The van der Waals surface area contributed by atoms with Gasteiger partial charge in [-0.2, -0.15) is 0 Å². The number of carbonyl (C=O) groups is 1. The molecule has 0 spiro atoms. The van der Waals surface area contributed by atoms with Crippen molar-refractivity contribution in [1.29, 1.82) is 0 Å². The van der Waals surface area contributed by atoms with E-state index in [0.29, 0.717) is 18.5 Å². The lowest BCUT2D eigenvalue weighted by molar-refractivity contribution is 0.0694. The van der Waals surface area contributed by atoms with Crippen LogP contribution in [0.1, 0.15) is 28.9 Å². The first-order valence-corrected chi connectivity index (χ1v) is 9.08. The number of aromatic nitrogens is 2. The number of hydrogen-bond acceptors (Lipinski definition) is 6. The van der Waals surface area contributed by atoms with Crippen molar-refractivity contribution in [3.8, 4) is 5.75 Å².